The number of carbonyl (C=O) groups excluding carboxylic acids is 1. The molecule has 0 aliphatic rings. The number of hydrogen-bond acceptors (Lipinski definition) is 5. The molecule has 0 fully saturated rings. The zero-order valence-electron chi connectivity index (χ0n) is 16.2. The molecule has 0 aliphatic carbocycles. The van der Waals surface area contributed by atoms with Crippen LogP contribution in [0, 0.1) is 0 Å². The highest BCUT2D eigenvalue weighted by molar-refractivity contribution is 5.88. The van der Waals surface area contributed by atoms with Gasteiger partial charge in [-0.15, -0.1) is 0 Å². The molecule has 1 N–H and O–H groups in total. The zero-order valence-corrected chi connectivity index (χ0v) is 16.2. The third-order valence-electron chi connectivity index (χ3n) is 4.37. The number of methoxy groups -OCH3 is 3. The fourth-order valence-corrected chi connectivity index (χ4v) is 3.01. The minimum absolute atomic E-state index is 0.0797. The van der Waals surface area contributed by atoms with Crippen LogP contribution in [0.5, 0.6) is 23.0 Å². The Hall–Kier alpha value is -3.41. The van der Waals surface area contributed by atoms with Crippen molar-refractivity contribution in [3.63, 3.8) is 0 Å². The average molecular weight is 381 g/mol. The maximum Gasteiger partial charge on any atom is 0.258 e. The molecule has 3 rings (SSSR count). The van der Waals surface area contributed by atoms with E-state index in [2.05, 4.69) is 5.32 Å². The van der Waals surface area contributed by atoms with Crippen LogP contribution in [0.15, 0.2) is 54.6 Å². The Balaban J connectivity index is 1.65. The first-order valence-electron chi connectivity index (χ1n) is 8.83. The quantitative estimate of drug-likeness (QED) is 0.646. The first-order chi connectivity index (χ1) is 13.7. The fraction of sp³-hybridized carbons (Fsp3) is 0.227. The third-order valence-corrected chi connectivity index (χ3v) is 4.37. The summed E-state index contributed by atoms with van der Waals surface area (Å²) in [7, 11) is 4.65. The summed E-state index contributed by atoms with van der Waals surface area (Å²) >= 11 is 0. The third kappa shape index (κ3) is 4.11. The molecule has 3 aromatic carbocycles. The Kier molecular flexibility index (Phi) is 6.22. The molecule has 0 radical (unpaired) electrons. The van der Waals surface area contributed by atoms with Crippen LogP contribution in [-0.4, -0.2) is 33.8 Å². The molecule has 0 saturated heterocycles. The largest absolute Gasteiger partial charge is 0.493 e. The topological polar surface area (TPSA) is 66.0 Å². The summed E-state index contributed by atoms with van der Waals surface area (Å²) in [6.45, 7) is 0.199. The highest BCUT2D eigenvalue weighted by Crippen LogP contribution is 2.39. The molecule has 0 spiro atoms. The minimum atomic E-state index is -0.232. The molecule has 28 heavy (non-hydrogen) atoms. The van der Waals surface area contributed by atoms with E-state index in [1.807, 2.05) is 48.5 Å². The minimum Gasteiger partial charge on any atom is -0.493 e. The molecule has 0 unspecified atom stereocenters. The van der Waals surface area contributed by atoms with E-state index >= 15 is 0 Å². The lowest BCUT2D eigenvalue weighted by molar-refractivity contribution is -0.123. The molecule has 6 heteroatoms. The molecule has 146 valence electrons. The van der Waals surface area contributed by atoms with Crippen molar-refractivity contribution < 1.29 is 23.7 Å². The number of hydrogen-bond donors (Lipinski definition) is 1. The van der Waals surface area contributed by atoms with E-state index in [0.717, 1.165) is 16.3 Å². The van der Waals surface area contributed by atoms with Gasteiger partial charge >= 0.3 is 0 Å². The van der Waals surface area contributed by atoms with Gasteiger partial charge in [0.25, 0.3) is 5.91 Å². The second-order valence-electron chi connectivity index (χ2n) is 6.04. The zero-order chi connectivity index (χ0) is 19.9. The van der Waals surface area contributed by atoms with E-state index in [-0.39, 0.29) is 19.1 Å². The molecule has 0 atom stereocenters. The highest BCUT2D eigenvalue weighted by atomic mass is 16.5. The summed E-state index contributed by atoms with van der Waals surface area (Å²) in [6, 6.07) is 17.3. The standard InChI is InChI=1S/C22H23NO5/c1-25-19-12-11-16(21(26-2)22(19)27-3)13-23-20(24)14-28-18-10-6-8-15-7-4-5-9-17(15)18/h4-12H,13-14H2,1-3H3,(H,23,24). The lowest BCUT2D eigenvalue weighted by atomic mass is 10.1. The van der Waals surface area contributed by atoms with Crippen LogP contribution in [-0.2, 0) is 11.3 Å². The number of ether oxygens (including phenoxy) is 4. The van der Waals surface area contributed by atoms with Gasteiger partial charge < -0.3 is 24.3 Å². The van der Waals surface area contributed by atoms with Gasteiger partial charge in [-0.3, -0.25) is 4.79 Å². The molecular formula is C22H23NO5. The molecule has 0 aromatic heterocycles. The Labute approximate surface area is 164 Å². The van der Waals surface area contributed by atoms with E-state index in [9.17, 15) is 4.79 Å². The summed E-state index contributed by atoms with van der Waals surface area (Å²) in [5, 5.41) is 4.88. The van der Waals surface area contributed by atoms with Gasteiger partial charge in [0.2, 0.25) is 5.75 Å². The smallest absolute Gasteiger partial charge is 0.258 e. The van der Waals surface area contributed by atoms with Gasteiger partial charge in [-0.1, -0.05) is 36.4 Å². The second kappa shape index (κ2) is 8.99. The predicted octanol–water partition coefficient (Wildman–Crippen LogP) is 3.56. The van der Waals surface area contributed by atoms with Crippen LogP contribution < -0.4 is 24.3 Å². The average Bonchev–Trinajstić information content (AvgIpc) is 2.75. The maximum atomic E-state index is 12.3. The highest BCUT2D eigenvalue weighted by Gasteiger charge is 2.16. The molecule has 0 heterocycles. The number of amides is 1. The summed E-state index contributed by atoms with van der Waals surface area (Å²) < 4.78 is 21.8. The van der Waals surface area contributed by atoms with Crippen LogP contribution in [0.3, 0.4) is 0 Å². The second-order valence-corrected chi connectivity index (χ2v) is 6.04. The van der Waals surface area contributed by atoms with Crippen molar-refractivity contribution in [2.24, 2.45) is 0 Å². The van der Waals surface area contributed by atoms with Gasteiger partial charge in [0.1, 0.15) is 5.75 Å². The van der Waals surface area contributed by atoms with Crippen molar-refractivity contribution in [1.82, 2.24) is 5.32 Å². The van der Waals surface area contributed by atoms with E-state index in [1.54, 1.807) is 27.4 Å². The normalized spacial score (nSPS) is 10.4. The van der Waals surface area contributed by atoms with Crippen LogP contribution in [0.2, 0.25) is 0 Å². The Morgan fingerprint density at radius 2 is 1.57 bits per heavy atom. The van der Waals surface area contributed by atoms with Crippen LogP contribution >= 0.6 is 0 Å². The summed E-state index contributed by atoms with van der Waals surface area (Å²) in [6.07, 6.45) is 0. The summed E-state index contributed by atoms with van der Waals surface area (Å²) in [5.41, 5.74) is 0.777. The van der Waals surface area contributed by atoms with E-state index < -0.39 is 0 Å². The molecule has 0 saturated carbocycles. The molecular weight excluding hydrogens is 358 g/mol. The summed E-state index contributed by atoms with van der Waals surface area (Å²) in [4.78, 5) is 12.3. The lowest BCUT2D eigenvalue weighted by Gasteiger charge is -2.16. The number of carbonyl (C=O) groups is 1. The van der Waals surface area contributed by atoms with E-state index in [4.69, 9.17) is 18.9 Å². The predicted molar refractivity (Wildman–Crippen MR) is 107 cm³/mol. The monoisotopic (exact) mass is 381 g/mol. The van der Waals surface area contributed by atoms with Gasteiger partial charge in [-0.2, -0.15) is 0 Å². The van der Waals surface area contributed by atoms with Crippen LogP contribution in [0.1, 0.15) is 5.56 Å². The Morgan fingerprint density at radius 3 is 2.32 bits per heavy atom. The van der Waals surface area contributed by atoms with Gasteiger partial charge in [-0.05, 0) is 23.6 Å². The maximum absolute atomic E-state index is 12.3. The SMILES string of the molecule is COc1ccc(CNC(=O)COc2cccc3ccccc23)c(OC)c1OC. The summed E-state index contributed by atoms with van der Waals surface area (Å²) in [5.74, 6) is 2.02. The fourth-order valence-electron chi connectivity index (χ4n) is 3.01. The van der Waals surface area contributed by atoms with Gasteiger partial charge in [0, 0.05) is 17.5 Å². The molecule has 6 nitrogen and oxygen atoms in total. The number of benzene rings is 3. The van der Waals surface area contributed by atoms with E-state index in [1.165, 1.54) is 0 Å². The Bertz CT molecular complexity index is 965. The number of fused-ring (bicyclic) bond motifs is 1. The van der Waals surface area contributed by atoms with Crippen LogP contribution in [0.25, 0.3) is 10.8 Å². The van der Waals surface area contributed by atoms with Gasteiger partial charge in [0.15, 0.2) is 18.1 Å². The number of rotatable bonds is 8. The molecule has 0 aliphatic heterocycles. The Morgan fingerprint density at radius 1 is 0.821 bits per heavy atom. The van der Waals surface area contributed by atoms with E-state index in [0.29, 0.717) is 23.0 Å². The van der Waals surface area contributed by atoms with Crippen molar-refractivity contribution in [2.75, 3.05) is 27.9 Å². The first kappa shape index (κ1) is 19.4. The van der Waals surface area contributed by atoms with Gasteiger partial charge in [-0.25, -0.2) is 0 Å². The number of nitrogens with one attached hydrogen (secondary N) is 1. The van der Waals surface area contributed by atoms with Crippen molar-refractivity contribution in [2.45, 2.75) is 6.54 Å². The molecule has 3 aromatic rings. The van der Waals surface area contributed by atoms with Crippen molar-refractivity contribution in [3.05, 3.63) is 60.2 Å². The molecule has 1 amide bonds. The molecule has 0 bridgehead atoms. The van der Waals surface area contributed by atoms with Crippen molar-refractivity contribution in [3.8, 4) is 23.0 Å². The van der Waals surface area contributed by atoms with Crippen molar-refractivity contribution in [1.29, 1.82) is 0 Å². The van der Waals surface area contributed by atoms with Crippen LogP contribution in [0.4, 0.5) is 0 Å². The van der Waals surface area contributed by atoms with Gasteiger partial charge in [0.05, 0.1) is 21.3 Å². The lowest BCUT2D eigenvalue weighted by Crippen LogP contribution is -2.28. The van der Waals surface area contributed by atoms with Crippen molar-refractivity contribution >= 4 is 16.7 Å². The first-order valence-corrected chi connectivity index (χ1v) is 8.83.